The van der Waals surface area contributed by atoms with E-state index in [1.54, 1.807) is 0 Å². The number of rotatable bonds is 15. The van der Waals surface area contributed by atoms with Crippen molar-refractivity contribution in [1.82, 2.24) is 4.58 Å². The minimum Gasteiger partial charge on any atom is -0.363 e. The van der Waals surface area contributed by atoms with Gasteiger partial charge in [0.05, 0.1) is 11.4 Å². The predicted molar refractivity (Wildman–Crippen MR) is 188 cm³/mol. The topological polar surface area (TPSA) is 49.5 Å². The fourth-order valence-corrected chi connectivity index (χ4v) is 6.66. The zero-order valence-corrected chi connectivity index (χ0v) is 30.4. The molecule has 0 aromatic heterocycles. The van der Waals surface area contributed by atoms with Crippen LogP contribution in [-0.4, -0.2) is 60.8 Å². The number of nitrogens with one attached hydrogen (secondary N) is 1. The fraction of sp³-hybridized carbons (Fsp3) is 0.800. The lowest BCUT2D eigenvalue weighted by Gasteiger charge is -2.33. The summed E-state index contributed by atoms with van der Waals surface area (Å²) >= 11 is 0. The second-order valence-corrected chi connectivity index (χ2v) is 14.3. The van der Waals surface area contributed by atoms with Crippen LogP contribution in [0.4, 0.5) is 22.7 Å². The van der Waals surface area contributed by atoms with Crippen LogP contribution in [0.2, 0.25) is 0 Å². The van der Waals surface area contributed by atoms with Crippen LogP contribution in [0.25, 0.3) is 0 Å². The van der Waals surface area contributed by atoms with Crippen molar-refractivity contribution >= 4 is 28.7 Å². The fourth-order valence-electron chi connectivity index (χ4n) is 6.66. The van der Waals surface area contributed by atoms with Gasteiger partial charge in [-0.2, -0.15) is 0 Å². The van der Waals surface area contributed by atoms with Gasteiger partial charge >= 0.3 is 0 Å². The van der Waals surface area contributed by atoms with E-state index >= 15 is 0 Å². The normalized spacial score (nSPS) is 13.1. The minimum atomic E-state index is 0.381. The molecule has 0 unspecified atom stereocenters. The van der Waals surface area contributed by atoms with E-state index in [1.807, 2.05) is 0 Å². The number of nitrogens with zero attached hydrogens (tertiary/aromatic N) is 6. The van der Waals surface area contributed by atoms with Crippen molar-refractivity contribution in [2.75, 3.05) is 26.6 Å². The monoisotopic (exact) mass is 585 g/mol. The van der Waals surface area contributed by atoms with Gasteiger partial charge in [0.2, 0.25) is 5.96 Å². The first kappa shape index (κ1) is 35.9. The summed E-state index contributed by atoms with van der Waals surface area (Å²) in [5.41, 5.74) is 5.04. The van der Waals surface area contributed by atoms with Crippen molar-refractivity contribution in [2.24, 2.45) is 9.98 Å². The molecule has 0 bridgehead atoms. The van der Waals surface area contributed by atoms with Gasteiger partial charge in [-0.05, 0) is 117 Å². The zero-order chi connectivity index (χ0) is 32.2. The summed E-state index contributed by atoms with van der Waals surface area (Å²) in [4.78, 5) is 18.0. The van der Waals surface area contributed by atoms with Gasteiger partial charge in [0, 0.05) is 42.8 Å². The molecule has 0 aliphatic heterocycles. The molecule has 0 saturated carbocycles. The average Bonchev–Trinajstić information content (AvgIpc) is 3.69. The van der Waals surface area contributed by atoms with E-state index in [-0.39, 0.29) is 0 Å². The molecule has 42 heavy (non-hydrogen) atoms. The van der Waals surface area contributed by atoms with Gasteiger partial charge in [-0.15, -0.1) is 0 Å². The van der Waals surface area contributed by atoms with Crippen LogP contribution in [0.15, 0.2) is 9.98 Å². The van der Waals surface area contributed by atoms with E-state index in [0.29, 0.717) is 48.3 Å². The molecular weight excluding hydrogens is 518 g/mol. The number of hydrogen-bond acceptors (Lipinski definition) is 4. The molecule has 0 aliphatic rings. The standard InChI is InChI=1S/C35H65N7/c1-18-19-20-36-35(37-29-31(39(21(2)3)22(4)5)32(29)40(23(6)7)24(8)9)38-30-33(41(25(10)11)26(12)13)34(30)42(27(14)15)28(16)17/h21-28H,18-20H2,1-17H3/p+1. The summed E-state index contributed by atoms with van der Waals surface area (Å²) in [6, 6.07) is 3.09. The van der Waals surface area contributed by atoms with Gasteiger partial charge in [0.15, 0.2) is 0 Å². The Morgan fingerprint density at radius 2 is 1.00 bits per heavy atom. The van der Waals surface area contributed by atoms with Crippen LogP contribution in [-0.2, 0) is 0 Å². The highest BCUT2D eigenvalue weighted by atomic mass is 15.3. The number of anilines is 4. The van der Waals surface area contributed by atoms with Crippen LogP contribution in [0.1, 0.15) is 131 Å². The Kier molecular flexibility index (Phi) is 12.7. The smallest absolute Gasteiger partial charge is 0.252 e. The Labute approximate surface area is 259 Å². The van der Waals surface area contributed by atoms with Crippen molar-refractivity contribution in [3.8, 4) is 0 Å². The van der Waals surface area contributed by atoms with Crippen LogP contribution in [0.5, 0.6) is 0 Å². The van der Waals surface area contributed by atoms with Gasteiger partial charge < -0.3 is 20.0 Å². The van der Waals surface area contributed by atoms with E-state index in [1.165, 1.54) is 28.1 Å². The summed E-state index contributed by atoms with van der Waals surface area (Å²) < 4.78 is 2.54. The highest BCUT2D eigenvalue weighted by Crippen LogP contribution is 2.38. The molecule has 240 valence electrons. The molecule has 0 heterocycles. The van der Waals surface area contributed by atoms with E-state index in [2.05, 4.69) is 142 Å². The second kappa shape index (κ2) is 14.9. The first-order valence-corrected chi connectivity index (χ1v) is 16.9. The molecule has 0 fully saturated rings. The van der Waals surface area contributed by atoms with Gasteiger partial charge in [-0.25, -0.2) is 9.57 Å². The van der Waals surface area contributed by atoms with Gasteiger partial charge in [-0.1, -0.05) is 13.3 Å². The van der Waals surface area contributed by atoms with Crippen molar-refractivity contribution in [2.45, 2.75) is 179 Å². The van der Waals surface area contributed by atoms with Gasteiger partial charge in [0.25, 0.3) is 5.36 Å². The lowest BCUT2D eigenvalue weighted by Crippen LogP contribution is -2.41. The van der Waals surface area contributed by atoms with E-state index in [4.69, 9.17) is 9.98 Å². The quantitative estimate of drug-likeness (QED) is 0.105. The lowest BCUT2D eigenvalue weighted by atomic mass is 10.2. The van der Waals surface area contributed by atoms with Gasteiger partial charge in [0.1, 0.15) is 28.8 Å². The summed E-state index contributed by atoms with van der Waals surface area (Å²) in [7, 11) is 0. The Morgan fingerprint density at radius 3 is 1.33 bits per heavy atom. The third kappa shape index (κ3) is 8.19. The van der Waals surface area contributed by atoms with Crippen molar-refractivity contribution in [3.63, 3.8) is 0 Å². The van der Waals surface area contributed by atoms with Crippen LogP contribution >= 0.6 is 0 Å². The molecule has 0 spiro atoms. The van der Waals surface area contributed by atoms with Crippen molar-refractivity contribution in [3.05, 3.63) is 10.7 Å². The number of hydrogen-bond donors (Lipinski definition) is 1. The number of guanidine groups is 1. The highest BCUT2D eigenvalue weighted by molar-refractivity contribution is 6.03. The first-order chi connectivity index (χ1) is 19.5. The Hall–Kier alpha value is -2.31. The van der Waals surface area contributed by atoms with E-state index in [9.17, 15) is 0 Å². The molecule has 0 aliphatic carbocycles. The maximum atomic E-state index is 5.35. The molecule has 2 aromatic carbocycles. The van der Waals surface area contributed by atoms with E-state index < -0.39 is 0 Å². The minimum absolute atomic E-state index is 0.381. The third-order valence-electron chi connectivity index (χ3n) is 7.96. The molecule has 0 atom stereocenters. The Bertz CT molecular complexity index is 1120. The largest absolute Gasteiger partial charge is 0.363 e. The Morgan fingerprint density at radius 1 is 0.619 bits per heavy atom. The zero-order valence-electron chi connectivity index (χ0n) is 30.4. The molecule has 7 heteroatoms. The number of unbranched alkanes of at least 4 members (excludes halogenated alkanes) is 1. The molecule has 7 nitrogen and oxygen atoms in total. The van der Waals surface area contributed by atoms with Crippen LogP contribution < -0.4 is 35.3 Å². The SMILES string of the molecule is CCCCN=C(N=c1c(N(C(C)C)C(C)C)c1N(C(C)C)C(C)C)Nc1c(N(C(C)C)C(C)C)c1=[N+](C(C)C)C(C)C. The van der Waals surface area contributed by atoms with Gasteiger partial charge in [-0.3, -0.25) is 4.99 Å². The highest BCUT2D eigenvalue weighted by Gasteiger charge is 2.39. The maximum absolute atomic E-state index is 5.35. The maximum Gasteiger partial charge on any atom is 0.252 e. The average molecular weight is 585 g/mol. The molecule has 2 rings (SSSR count). The second-order valence-electron chi connectivity index (χ2n) is 14.3. The lowest BCUT2D eigenvalue weighted by molar-refractivity contribution is 0.429. The summed E-state index contributed by atoms with van der Waals surface area (Å²) in [5.74, 6) is 0.730. The first-order valence-electron chi connectivity index (χ1n) is 16.9. The molecule has 2 aromatic rings. The van der Waals surface area contributed by atoms with Crippen molar-refractivity contribution < 1.29 is 0 Å². The molecule has 0 radical (unpaired) electrons. The molecule has 1 N–H and O–H groups in total. The molecule has 0 amide bonds. The molecular formula is C35H66N7+. The Balaban J connectivity index is 2.82. The van der Waals surface area contributed by atoms with Crippen LogP contribution in [0, 0.1) is 0 Å². The third-order valence-corrected chi connectivity index (χ3v) is 7.96. The number of aliphatic imine (C=N–C) groups is 1. The molecule has 0 saturated heterocycles. The van der Waals surface area contributed by atoms with Crippen LogP contribution in [0.3, 0.4) is 0 Å². The van der Waals surface area contributed by atoms with Crippen molar-refractivity contribution in [1.29, 1.82) is 0 Å². The van der Waals surface area contributed by atoms with E-state index in [0.717, 1.165) is 30.7 Å². The predicted octanol–water partition coefficient (Wildman–Crippen LogP) is 7.07. The summed E-state index contributed by atoms with van der Waals surface area (Å²) in [6.45, 7) is 39.6. The summed E-state index contributed by atoms with van der Waals surface area (Å²) in [6.07, 6.45) is 2.16. The summed E-state index contributed by atoms with van der Waals surface area (Å²) in [5, 5.41) is 6.19.